The lowest BCUT2D eigenvalue weighted by molar-refractivity contribution is -0.121. The van der Waals surface area contributed by atoms with Crippen molar-refractivity contribution in [2.24, 2.45) is 0 Å². The molecule has 0 radical (unpaired) electrons. The molecule has 0 aliphatic rings. The Morgan fingerprint density at radius 3 is 2.52 bits per heavy atom. The van der Waals surface area contributed by atoms with Gasteiger partial charge in [0.1, 0.15) is 5.75 Å². The third-order valence-electron chi connectivity index (χ3n) is 2.77. The first-order valence-electron chi connectivity index (χ1n) is 7.80. The molecule has 23 heavy (non-hydrogen) atoms. The van der Waals surface area contributed by atoms with Gasteiger partial charge in [0.2, 0.25) is 5.91 Å². The predicted molar refractivity (Wildman–Crippen MR) is 91.9 cm³/mol. The van der Waals surface area contributed by atoms with Crippen molar-refractivity contribution < 1.29 is 14.3 Å². The second kappa shape index (κ2) is 8.41. The molecule has 0 heterocycles. The zero-order valence-corrected chi connectivity index (χ0v) is 14.6. The first-order chi connectivity index (χ1) is 10.7. The summed E-state index contributed by atoms with van der Waals surface area (Å²) >= 11 is 0. The minimum absolute atomic E-state index is 0.0832. The van der Waals surface area contributed by atoms with Gasteiger partial charge in [0, 0.05) is 5.54 Å². The molecule has 0 spiro atoms. The molecule has 0 unspecified atom stereocenters. The maximum Gasteiger partial charge on any atom is 0.319 e. The minimum Gasteiger partial charge on any atom is -0.491 e. The standard InChI is InChI=1S/C17H27N3O3/c1-6-9-23-14-10-12(2)7-8-13(14)19-16(22)18-11-15(21)20-17(3,4)5/h7-8,10H,6,9,11H2,1-5H3,(H,20,21)(H2,18,19,22). The van der Waals surface area contributed by atoms with E-state index in [0.717, 1.165) is 12.0 Å². The SMILES string of the molecule is CCCOc1cc(C)ccc1NC(=O)NCC(=O)NC(C)(C)C. The van der Waals surface area contributed by atoms with Crippen molar-refractivity contribution in [3.63, 3.8) is 0 Å². The van der Waals surface area contributed by atoms with Gasteiger partial charge in [-0.25, -0.2) is 4.79 Å². The van der Waals surface area contributed by atoms with E-state index in [4.69, 9.17) is 4.74 Å². The zero-order valence-electron chi connectivity index (χ0n) is 14.6. The highest BCUT2D eigenvalue weighted by Crippen LogP contribution is 2.25. The highest BCUT2D eigenvalue weighted by molar-refractivity contribution is 5.93. The first-order valence-corrected chi connectivity index (χ1v) is 7.80. The molecule has 1 aromatic rings. The van der Waals surface area contributed by atoms with Crippen molar-refractivity contribution >= 4 is 17.6 Å². The molecule has 0 saturated heterocycles. The lowest BCUT2D eigenvalue weighted by Gasteiger charge is -2.20. The third kappa shape index (κ3) is 7.54. The van der Waals surface area contributed by atoms with E-state index in [1.165, 1.54) is 0 Å². The van der Waals surface area contributed by atoms with Gasteiger partial charge in [0.25, 0.3) is 0 Å². The van der Waals surface area contributed by atoms with Gasteiger partial charge in [0.15, 0.2) is 0 Å². The van der Waals surface area contributed by atoms with E-state index < -0.39 is 6.03 Å². The number of nitrogens with one attached hydrogen (secondary N) is 3. The molecule has 0 aromatic heterocycles. The average molecular weight is 321 g/mol. The van der Waals surface area contributed by atoms with Crippen molar-refractivity contribution in [2.75, 3.05) is 18.5 Å². The van der Waals surface area contributed by atoms with Gasteiger partial charge in [-0.2, -0.15) is 0 Å². The first kappa shape index (κ1) is 18.8. The van der Waals surface area contributed by atoms with Crippen LogP contribution >= 0.6 is 0 Å². The molecule has 3 N–H and O–H groups in total. The molecule has 6 nitrogen and oxygen atoms in total. The van der Waals surface area contributed by atoms with Gasteiger partial charge in [-0.15, -0.1) is 0 Å². The molecule has 6 heteroatoms. The number of urea groups is 1. The normalized spacial score (nSPS) is 10.8. The lowest BCUT2D eigenvalue weighted by Crippen LogP contribution is -2.46. The fourth-order valence-corrected chi connectivity index (χ4v) is 1.85. The maximum absolute atomic E-state index is 11.9. The fourth-order valence-electron chi connectivity index (χ4n) is 1.85. The number of anilines is 1. The van der Waals surface area contributed by atoms with Crippen molar-refractivity contribution in [1.29, 1.82) is 0 Å². The molecule has 0 bridgehead atoms. The van der Waals surface area contributed by atoms with Crippen molar-refractivity contribution in [3.05, 3.63) is 23.8 Å². The number of amides is 3. The largest absolute Gasteiger partial charge is 0.491 e. The molecule has 1 rings (SSSR count). The molecule has 0 aliphatic carbocycles. The van der Waals surface area contributed by atoms with E-state index in [-0.39, 0.29) is 18.0 Å². The summed E-state index contributed by atoms with van der Waals surface area (Å²) in [7, 11) is 0. The Hall–Kier alpha value is -2.24. The Kier molecular flexibility index (Phi) is 6.88. The van der Waals surface area contributed by atoms with Crippen LogP contribution in [0.3, 0.4) is 0 Å². The molecule has 3 amide bonds. The van der Waals surface area contributed by atoms with Gasteiger partial charge < -0.3 is 20.7 Å². The molecule has 0 fully saturated rings. The Bertz CT molecular complexity index is 551. The second-order valence-electron chi connectivity index (χ2n) is 6.45. The van der Waals surface area contributed by atoms with Crippen LogP contribution in [-0.2, 0) is 4.79 Å². The molecule has 0 aliphatic heterocycles. The van der Waals surface area contributed by atoms with Crippen LogP contribution in [-0.4, -0.2) is 30.6 Å². The zero-order chi connectivity index (χ0) is 17.5. The van der Waals surface area contributed by atoms with E-state index in [2.05, 4.69) is 16.0 Å². The molecular formula is C17H27N3O3. The Morgan fingerprint density at radius 1 is 1.22 bits per heavy atom. The number of hydrogen-bond donors (Lipinski definition) is 3. The molecular weight excluding hydrogens is 294 g/mol. The Morgan fingerprint density at radius 2 is 1.91 bits per heavy atom. The maximum atomic E-state index is 11.9. The summed E-state index contributed by atoms with van der Waals surface area (Å²) in [4.78, 5) is 23.6. The van der Waals surface area contributed by atoms with Crippen LogP contribution in [0.2, 0.25) is 0 Å². The average Bonchev–Trinajstić information content (AvgIpc) is 2.43. The van der Waals surface area contributed by atoms with E-state index in [0.29, 0.717) is 18.0 Å². The van der Waals surface area contributed by atoms with Crippen LogP contribution < -0.4 is 20.7 Å². The summed E-state index contributed by atoms with van der Waals surface area (Å²) in [5.74, 6) is 0.389. The summed E-state index contributed by atoms with van der Waals surface area (Å²) in [5, 5.41) is 8.02. The minimum atomic E-state index is -0.445. The van der Waals surface area contributed by atoms with E-state index >= 15 is 0 Å². The molecule has 128 valence electrons. The number of carbonyl (C=O) groups is 2. The van der Waals surface area contributed by atoms with Crippen LogP contribution in [0.4, 0.5) is 10.5 Å². The van der Waals surface area contributed by atoms with Gasteiger partial charge in [-0.3, -0.25) is 4.79 Å². The molecule has 0 atom stereocenters. The number of ether oxygens (including phenoxy) is 1. The Labute approximate surface area is 138 Å². The van der Waals surface area contributed by atoms with E-state index in [9.17, 15) is 9.59 Å². The van der Waals surface area contributed by atoms with Gasteiger partial charge in [0.05, 0.1) is 18.8 Å². The van der Waals surface area contributed by atoms with Crippen LogP contribution in [0.1, 0.15) is 39.7 Å². The highest BCUT2D eigenvalue weighted by atomic mass is 16.5. The highest BCUT2D eigenvalue weighted by Gasteiger charge is 2.14. The van der Waals surface area contributed by atoms with Gasteiger partial charge in [-0.05, 0) is 51.8 Å². The predicted octanol–water partition coefficient (Wildman–Crippen LogP) is 2.82. The Balaban J connectivity index is 2.58. The van der Waals surface area contributed by atoms with E-state index in [1.54, 1.807) is 6.07 Å². The summed E-state index contributed by atoms with van der Waals surface area (Å²) in [5.41, 5.74) is 1.30. The summed E-state index contributed by atoms with van der Waals surface area (Å²) in [6, 6.07) is 5.10. The topological polar surface area (TPSA) is 79.5 Å². The summed E-state index contributed by atoms with van der Waals surface area (Å²) in [6.45, 7) is 10.1. The quantitative estimate of drug-likeness (QED) is 0.754. The fraction of sp³-hybridized carbons (Fsp3) is 0.529. The molecule has 0 saturated carbocycles. The summed E-state index contributed by atoms with van der Waals surface area (Å²) in [6.07, 6.45) is 0.882. The number of carbonyl (C=O) groups excluding carboxylic acids is 2. The van der Waals surface area contributed by atoms with Crippen LogP contribution in [0.15, 0.2) is 18.2 Å². The van der Waals surface area contributed by atoms with Gasteiger partial charge >= 0.3 is 6.03 Å². The van der Waals surface area contributed by atoms with Gasteiger partial charge in [-0.1, -0.05) is 13.0 Å². The number of rotatable bonds is 6. The molecule has 1 aromatic carbocycles. The van der Waals surface area contributed by atoms with Crippen LogP contribution in [0.25, 0.3) is 0 Å². The van der Waals surface area contributed by atoms with E-state index in [1.807, 2.05) is 46.8 Å². The summed E-state index contributed by atoms with van der Waals surface area (Å²) < 4.78 is 5.64. The van der Waals surface area contributed by atoms with Crippen molar-refractivity contribution in [3.8, 4) is 5.75 Å². The lowest BCUT2D eigenvalue weighted by atomic mass is 10.1. The number of benzene rings is 1. The second-order valence-corrected chi connectivity index (χ2v) is 6.45. The van der Waals surface area contributed by atoms with Crippen molar-refractivity contribution in [2.45, 2.75) is 46.6 Å². The smallest absolute Gasteiger partial charge is 0.319 e. The number of aryl methyl sites for hydroxylation is 1. The van der Waals surface area contributed by atoms with Crippen LogP contribution in [0.5, 0.6) is 5.75 Å². The van der Waals surface area contributed by atoms with Crippen molar-refractivity contribution in [1.82, 2.24) is 10.6 Å². The number of hydrogen-bond acceptors (Lipinski definition) is 3. The van der Waals surface area contributed by atoms with Crippen LogP contribution in [0, 0.1) is 6.92 Å². The third-order valence-corrected chi connectivity index (χ3v) is 2.77. The monoisotopic (exact) mass is 321 g/mol.